The molecule has 12 heavy (non-hydrogen) atoms. The summed E-state index contributed by atoms with van der Waals surface area (Å²) in [6, 6.07) is 3.81. The van der Waals surface area contributed by atoms with Gasteiger partial charge in [-0.25, -0.2) is 4.39 Å². The summed E-state index contributed by atoms with van der Waals surface area (Å²) in [5.74, 6) is 4.24. The van der Waals surface area contributed by atoms with Gasteiger partial charge in [-0.1, -0.05) is 17.5 Å². The Labute approximate surface area is 74.2 Å². The van der Waals surface area contributed by atoms with Crippen molar-refractivity contribution in [3.63, 3.8) is 0 Å². The fourth-order valence-electron chi connectivity index (χ4n) is 0.698. The summed E-state index contributed by atoms with van der Waals surface area (Å²) in [5.41, 5.74) is 0.449. The highest BCUT2D eigenvalue weighted by atomic mass is 35.5. The number of hydrogen-bond donors (Lipinski definition) is 0. The summed E-state index contributed by atoms with van der Waals surface area (Å²) in [7, 11) is 0. The van der Waals surface area contributed by atoms with Gasteiger partial charge in [-0.05, 0) is 24.1 Å². The van der Waals surface area contributed by atoms with E-state index in [-0.39, 0.29) is 5.02 Å². The smallest absolute Gasteiger partial charge is 0.193 e. The zero-order chi connectivity index (χ0) is 8.97. The van der Waals surface area contributed by atoms with Crippen LogP contribution < -0.4 is 0 Å². The molecule has 0 aliphatic heterocycles. The highest BCUT2D eigenvalue weighted by Gasteiger charge is 1.97. The van der Waals surface area contributed by atoms with Crippen LogP contribution >= 0.6 is 11.6 Å². The van der Waals surface area contributed by atoms with E-state index in [0.717, 1.165) is 6.07 Å². The highest BCUT2D eigenvalue weighted by Crippen LogP contribution is 2.15. The van der Waals surface area contributed by atoms with Crippen molar-refractivity contribution in [3.05, 3.63) is 34.6 Å². The highest BCUT2D eigenvalue weighted by molar-refractivity contribution is 6.31. The molecule has 3 heteroatoms. The minimum absolute atomic E-state index is 0.212. The van der Waals surface area contributed by atoms with Gasteiger partial charge in [0.1, 0.15) is 5.82 Å². The maximum atomic E-state index is 12.5. The van der Waals surface area contributed by atoms with E-state index in [1.165, 1.54) is 12.1 Å². The minimum Gasteiger partial charge on any atom is -0.289 e. The number of hydrogen-bond acceptors (Lipinski definition) is 1. The molecular formula is C9H4ClFO. The number of benzene rings is 1. The zero-order valence-corrected chi connectivity index (χ0v) is 6.73. The second kappa shape index (κ2) is 3.89. The Bertz CT molecular complexity index is 363. The molecule has 0 bridgehead atoms. The normalized spacial score (nSPS) is 8.50. The van der Waals surface area contributed by atoms with Gasteiger partial charge < -0.3 is 0 Å². The van der Waals surface area contributed by atoms with Crippen molar-refractivity contribution in [1.82, 2.24) is 0 Å². The molecule has 0 radical (unpaired) electrons. The van der Waals surface area contributed by atoms with Gasteiger partial charge in [0.25, 0.3) is 0 Å². The first-order valence-corrected chi connectivity index (χ1v) is 3.52. The summed E-state index contributed by atoms with van der Waals surface area (Å²) in [5, 5.41) is 0.212. The Morgan fingerprint density at radius 2 is 2.25 bits per heavy atom. The lowest BCUT2D eigenvalue weighted by atomic mass is 10.2. The van der Waals surface area contributed by atoms with Crippen molar-refractivity contribution in [1.29, 1.82) is 0 Å². The van der Waals surface area contributed by atoms with Gasteiger partial charge in [0.15, 0.2) is 6.29 Å². The Morgan fingerprint density at radius 1 is 1.50 bits per heavy atom. The Morgan fingerprint density at radius 3 is 2.83 bits per heavy atom. The van der Waals surface area contributed by atoms with E-state index in [2.05, 4.69) is 11.8 Å². The summed E-state index contributed by atoms with van der Waals surface area (Å²) in [6.07, 6.45) is 0.458. The maximum Gasteiger partial charge on any atom is 0.193 e. The van der Waals surface area contributed by atoms with Crippen LogP contribution in [0.4, 0.5) is 4.39 Å². The second-order valence-electron chi connectivity index (χ2n) is 2.01. The zero-order valence-electron chi connectivity index (χ0n) is 5.97. The molecule has 0 aliphatic rings. The number of halogens is 2. The molecule has 0 heterocycles. The summed E-state index contributed by atoms with van der Waals surface area (Å²) in [6.45, 7) is 0. The SMILES string of the molecule is O=CC#Cc1ccc(F)cc1Cl. The molecule has 0 atom stereocenters. The number of carbonyl (C=O) groups is 1. The Kier molecular flexibility index (Phi) is 2.84. The average Bonchev–Trinajstić information content (AvgIpc) is 2.03. The molecule has 1 rings (SSSR count). The fraction of sp³-hybridized carbons (Fsp3) is 0. The number of carbonyl (C=O) groups excluding carboxylic acids is 1. The van der Waals surface area contributed by atoms with Gasteiger partial charge in [0, 0.05) is 5.56 Å². The molecule has 0 aliphatic carbocycles. The molecule has 1 nitrogen and oxygen atoms in total. The van der Waals surface area contributed by atoms with Crippen LogP contribution in [0.1, 0.15) is 5.56 Å². The van der Waals surface area contributed by atoms with E-state index in [9.17, 15) is 9.18 Å². The van der Waals surface area contributed by atoms with Crippen LogP contribution in [0.5, 0.6) is 0 Å². The van der Waals surface area contributed by atoms with E-state index in [0.29, 0.717) is 11.8 Å². The van der Waals surface area contributed by atoms with Crippen LogP contribution in [0.2, 0.25) is 5.02 Å². The van der Waals surface area contributed by atoms with Crippen molar-refractivity contribution in [3.8, 4) is 11.8 Å². The molecule has 0 spiro atoms. The average molecular weight is 183 g/mol. The van der Waals surface area contributed by atoms with Crippen LogP contribution in [-0.4, -0.2) is 6.29 Å². The van der Waals surface area contributed by atoms with Crippen LogP contribution in [0, 0.1) is 17.7 Å². The third kappa shape index (κ3) is 2.08. The van der Waals surface area contributed by atoms with Gasteiger partial charge in [0.2, 0.25) is 0 Å². The lowest BCUT2D eigenvalue weighted by Crippen LogP contribution is -1.79. The first-order chi connectivity index (χ1) is 5.74. The molecular weight excluding hydrogens is 179 g/mol. The quantitative estimate of drug-likeness (QED) is 0.443. The molecule has 0 saturated carbocycles. The molecule has 1 aromatic rings. The van der Waals surface area contributed by atoms with Crippen LogP contribution in [0.3, 0.4) is 0 Å². The van der Waals surface area contributed by atoms with Crippen LogP contribution in [0.15, 0.2) is 18.2 Å². The lowest BCUT2D eigenvalue weighted by Gasteiger charge is -1.93. The van der Waals surface area contributed by atoms with Gasteiger partial charge in [-0.2, -0.15) is 0 Å². The topological polar surface area (TPSA) is 17.1 Å². The molecule has 0 amide bonds. The summed E-state index contributed by atoms with van der Waals surface area (Å²) in [4.78, 5) is 9.87. The second-order valence-corrected chi connectivity index (χ2v) is 2.42. The molecule has 60 valence electrons. The van der Waals surface area contributed by atoms with Gasteiger partial charge in [0.05, 0.1) is 5.02 Å². The molecule has 0 unspecified atom stereocenters. The summed E-state index contributed by atoms with van der Waals surface area (Å²) >= 11 is 5.61. The van der Waals surface area contributed by atoms with Gasteiger partial charge in [-0.15, -0.1) is 0 Å². The Hall–Kier alpha value is -1.33. The summed E-state index contributed by atoms with van der Waals surface area (Å²) < 4.78 is 12.5. The maximum absolute atomic E-state index is 12.5. The van der Waals surface area contributed by atoms with Gasteiger partial charge >= 0.3 is 0 Å². The van der Waals surface area contributed by atoms with Crippen molar-refractivity contribution < 1.29 is 9.18 Å². The Balaban J connectivity index is 3.09. The fourth-order valence-corrected chi connectivity index (χ4v) is 0.913. The van der Waals surface area contributed by atoms with Crippen molar-refractivity contribution >= 4 is 17.9 Å². The molecule has 0 fully saturated rings. The van der Waals surface area contributed by atoms with Crippen LogP contribution in [-0.2, 0) is 4.79 Å². The van der Waals surface area contributed by atoms with E-state index in [4.69, 9.17) is 11.6 Å². The van der Waals surface area contributed by atoms with E-state index >= 15 is 0 Å². The van der Waals surface area contributed by atoms with Crippen molar-refractivity contribution in [2.45, 2.75) is 0 Å². The molecule has 1 aromatic carbocycles. The number of aldehydes is 1. The molecule has 0 N–H and O–H groups in total. The van der Waals surface area contributed by atoms with E-state index < -0.39 is 5.82 Å². The lowest BCUT2D eigenvalue weighted by molar-refractivity contribution is -0.103. The predicted octanol–water partition coefficient (Wildman–Crippen LogP) is 2.03. The largest absolute Gasteiger partial charge is 0.289 e. The number of rotatable bonds is 0. The predicted molar refractivity (Wildman–Crippen MR) is 44.4 cm³/mol. The first-order valence-electron chi connectivity index (χ1n) is 3.14. The van der Waals surface area contributed by atoms with E-state index in [1.807, 2.05) is 0 Å². The first kappa shape index (κ1) is 8.76. The molecule has 0 aromatic heterocycles. The third-order valence-corrected chi connectivity index (χ3v) is 1.51. The van der Waals surface area contributed by atoms with Crippen LogP contribution in [0.25, 0.3) is 0 Å². The minimum atomic E-state index is -0.420. The monoisotopic (exact) mass is 182 g/mol. The standard InChI is InChI=1S/C9H4ClFO/c10-9-6-8(11)4-3-7(9)2-1-5-12/h3-6H. The molecule has 0 saturated heterocycles. The van der Waals surface area contributed by atoms with Crippen molar-refractivity contribution in [2.24, 2.45) is 0 Å². The van der Waals surface area contributed by atoms with E-state index in [1.54, 1.807) is 0 Å². The van der Waals surface area contributed by atoms with Crippen molar-refractivity contribution in [2.75, 3.05) is 0 Å². The third-order valence-electron chi connectivity index (χ3n) is 1.20. The van der Waals surface area contributed by atoms with Gasteiger partial charge in [-0.3, -0.25) is 4.79 Å².